The zero-order valence-corrected chi connectivity index (χ0v) is 14.0. The van der Waals surface area contributed by atoms with Crippen molar-refractivity contribution in [3.8, 4) is 0 Å². The summed E-state index contributed by atoms with van der Waals surface area (Å²) in [5.41, 5.74) is 0. The number of carbonyl (C=O) groups excluding carboxylic acids is 1. The van der Waals surface area contributed by atoms with Gasteiger partial charge in [-0.25, -0.2) is 0 Å². The zero-order valence-electron chi connectivity index (χ0n) is 12.2. The van der Waals surface area contributed by atoms with Crippen LogP contribution in [0.3, 0.4) is 0 Å². The molecule has 0 spiro atoms. The van der Waals surface area contributed by atoms with Crippen LogP contribution >= 0.6 is 0 Å². The molecular formula is C20H17AsO. The van der Waals surface area contributed by atoms with Crippen molar-refractivity contribution in [2.24, 2.45) is 0 Å². The first-order chi connectivity index (χ1) is 10.9. The number of carbonyl (C=O) groups is 1. The predicted octanol–water partition coefficient (Wildman–Crippen LogP) is 1.74. The van der Waals surface area contributed by atoms with E-state index in [4.69, 9.17) is 0 Å². The van der Waals surface area contributed by atoms with E-state index in [1.165, 1.54) is 13.1 Å². The number of aldehydes is 1. The molecule has 0 bridgehead atoms. The third kappa shape index (κ3) is 2.60. The molecule has 22 heavy (non-hydrogen) atoms. The molecular weight excluding hydrogens is 331 g/mol. The number of rotatable bonds is 4. The van der Waals surface area contributed by atoms with Gasteiger partial charge in [0.15, 0.2) is 0 Å². The Bertz CT molecular complexity index is 689. The molecule has 0 aliphatic rings. The molecule has 0 aliphatic heterocycles. The van der Waals surface area contributed by atoms with Crippen LogP contribution in [0, 0.1) is 0 Å². The third-order valence-electron chi connectivity index (χ3n) is 3.77. The zero-order chi connectivity index (χ0) is 15.3. The fourth-order valence-corrected chi connectivity index (χ4v) is 10.2. The Morgan fingerprint density at radius 3 is 1.14 bits per heavy atom. The first-order valence-corrected chi connectivity index (χ1v) is 11.1. The molecule has 0 radical (unpaired) electrons. The quantitative estimate of drug-likeness (QED) is 0.519. The number of hydrogen-bond donors (Lipinski definition) is 0. The average molecular weight is 348 g/mol. The van der Waals surface area contributed by atoms with Gasteiger partial charge in [-0.1, -0.05) is 0 Å². The van der Waals surface area contributed by atoms with Crippen LogP contribution in [0.15, 0.2) is 91.0 Å². The van der Waals surface area contributed by atoms with Crippen LogP contribution in [0.4, 0.5) is 0 Å². The van der Waals surface area contributed by atoms with Crippen LogP contribution in [0.25, 0.3) is 0 Å². The molecule has 0 unspecified atom stereocenters. The van der Waals surface area contributed by atoms with E-state index in [2.05, 4.69) is 72.8 Å². The van der Waals surface area contributed by atoms with Gasteiger partial charge in [0.25, 0.3) is 0 Å². The molecule has 0 saturated heterocycles. The van der Waals surface area contributed by atoms with Gasteiger partial charge in [-0.3, -0.25) is 0 Å². The summed E-state index contributed by atoms with van der Waals surface area (Å²) in [6.07, 6.45) is 0.972. The van der Waals surface area contributed by atoms with Gasteiger partial charge in [-0.05, 0) is 0 Å². The van der Waals surface area contributed by atoms with Crippen LogP contribution in [0.2, 0.25) is 0 Å². The summed E-state index contributed by atoms with van der Waals surface area (Å²) >= 11 is -2.86. The monoisotopic (exact) mass is 348 g/mol. The van der Waals surface area contributed by atoms with Crippen molar-refractivity contribution in [2.75, 3.05) is 0 Å². The minimum absolute atomic E-state index is 0.972. The standard InChI is InChI=1S/C20H17AsO/c22-17-16-21(18-10-4-1-5-11-18,19-12-6-2-7-13-19)20-14-8-3-9-15-20/h1-17H. The van der Waals surface area contributed by atoms with Crippen LogP contribution in [-0.4, -0.2) is 24.2 Å². The van der Waals surface area contributed by atoms with E-state index in [1.54, 1.807) is 0 Å². The molecule has 3 rings (SSSR count). The second-order valence-corrected chi connectivity index (χ2v) is 11.9. The van der Waals surface area contributed by atoms with Gasteiger partial charge in [0, 0.05) is 0 Å². The van der Waals surface area contributed by atoms with Crippen molar-refractivity contribution in [3.63, 3.8) is 0 Å². The summed E-state index contributed by atoms with van der Waals surface area (Å²) in [5.74, 6) is 0. The fourth-order valence-electron chi connectivity index (χ4n) is 2.79. The van der Waals surface area contributed by atoms with Gasteiger partial charge in [-0.2, -0.15) is 0 Å². The molecule has 0 N–H and O–H groups in total. The van der Waals surface area contributed by atoms with Crippen LogP contribution in [-0.2, 0) is 4.79 Å². The molecule has 108 valence electrons. The Morgan fingerprint density at radius 2 is 0.864 bits per heavy atom. The molecule has 0 atom stereocenters. The van der Waals surface area contributed by atoms with Crippen LogP contribution in [0.5, 0.6) is 0 Å². The summed E-state index contributed by atoms with van der Waals surface area (Å²) in [5, 5.41) is 0. The van der Waals surface area contributed by atoms with Crippen molar-refractivity contribution in [1.29, 1.82) is 0 Å². The van der Waals surface area contributed by atoms with E-state index in [-0.39, 0.29) is 0 Å². The second-order valence-electron chi connectivity index (χ2n) is 5.01. The second kappa shape index (κ2) is 6.68. The summed E-state index contributed by atoms with van der Waals surface area (Å²) in [7, 11) is 0. The van der Waals surface area contributed by atoms with Gasteiger partial charge in [-0.15, -0.1) is 0 Å². The van der Waals surface area contributed by atoms with E-state index in [9.17, 15) is 4.79 Å². The van der Waals surface area contributed by atoms with Crippen molar-refractivity contribution in [2.45, 2.75) is 0 Å². The number of benzene rings is 3. The van der Waals surface area contributed by atoms with Crippen molar-refractivity contribution < 1.29 is 4.79 Å². The van der Waals surface area contributed by atoms with E-state index in [1.807, 2.05) is 23.0 Å². The molecule has 3 aromatic rings. The van der Waals surface area contributed by atoms with Crippen LogP contribution in [0.1, 0.15) is 0 Å². The van der Waals surface area contributed by atoms with Gasteiger partial charge in [0.2, 0.25) is 0 Å². The van der Waals surface area contributed by atoms with Crippen LogP contribution < -0.4 is 13.1 Å². The maximum atomic E-state index is 11.5. The molecule has 2 heteroatoms. The van der Waals surface area contributed by atoms with E-state index >= 15 is 0 Å². The normalized spacial score (nSPS) is 10.9. The van der Waals surface area contributed by atoms with Gasteiger partial charge >= 0.3 is 133 Å². The average Bonchev–Trinajstić information content (AvgIpc) is 2.62. The van der Waals surface area contributed by atoms with Gasteiger partial charge < -0.3 is 0 Å². The van der Waals surface area contributed by atoms with E-state index < -0.39 is 13.1 Å². The summed E-state index contributed by atoms with van der Waals surface area (Å²) < 4.78 is 3.76. The number of hydrogen-bond acceptors (Lipinski definition) is 1. The van der Waals surface area contributed by atoms with Crippen molar-refractivity contribution in [1.82, 2.24) is 0 Å². The predicted molar refractivity (Wildman–Crippen MR) is 96.1 cm³/mol. The molecule has 0 aromatic heterocycles. The molecule has 0 heterocycles. The topological polar surface area (TPSA) is 17.1 Å². The first-order valence-electron chi connectivity index (χ1n) is 7.23. The maximum absolute atomic E-state index is 11.5. The first kappa shape index (κ1) is 14.7. The fraction of sp³-hybridized carbons (Fsp3) is 0. The summed E-state index contributed by atoms with van der Waals surface area (Å²) in [4.78, 5) is 13.4. The Balaban J connectivity index is 2.40. The minimum atomic E-state index is -2.86. The molecule has 0 saturated carbocycles. The SMILES string of the molecule is O=CC=[As](c1ccccc1)(c1ccccc1)c1ccccc1. The Labute approximate surface area is 133 Å². The summed E-state index contributed by atoms with van der Waals surface area (Å²) in [6, 6.07) is 31.2. The van der Waals surface area contributed by atoms with Crippen molar-refractivity contribution in [3.05, 3.63) is 91.0 Å². The van der Waals surface area contributed by atoms with Gasteiger partial charge in [0.05, 0.1) is 0 Å². The third-order valence-corrected chi connectivity index (χ3v) is 12.0. The van der Waals surface area contributed by atoms with Crippen molar-refractivity contribution >= 4 is 37.3 Å². The van der Waals surface area contributed by atoms with E-state index in [0.29, 0.717) is 0 Å². The Kier molecular flexibility index (Phi) is 4.46. The van der Waals surface area contributed by atoms with Gasteiger partial charge in [0.1, 0.15) is 0 Å². The van der Waals surface area contributed by atoms with E-state index in [0.717, 1.165) is 6.29 Å². The molecule has 0 amide bonds. The summed E-state index contributed by atoms with van der Waals surface area (Å²) in [6.45, 7) is 0. The molecule has 0 fully saturated rings. The Morgan fingerprint density at radius 1 is 0.545 bits per heavy atom. The molecule has 0 aliphatic carbocycles. The molecule has 1 nitrogen and oxygen atoms in total. The molecule has 3 aromatic carbocycles. The Hall–Kier alpha value is -2.24.